The average Bonchev–Trinajstić information content (AvgIpc) is 2.70. The summed E-state index contributed by atoms with van der Waals surface area (Å²) in [7, 11) is 0. The largest absolute Gasteiger partial charge is 0.490 e. The lowest BCUT2D eigenvalue weighted by Gasteiger charge is -2.23. The summed E-state index contributed by atoms with van der Waals surface area (Å²) in [5, 5.41) is 3.43. The summed E-state index contributed by atoms with van der Waals surface area (Å²) >= 11 is 0. The molecule has 0 spiro atoms. The second-order valence-corrected chi connectivity index (χ2v) is 5.26. The molecule has 3 atom stereocenters. The first-order valence-corrected chi connectivity index (χ1v) is 6.78. The molecule has 1 aliphatic rings. The molecule has 0 aliphatic carbocycles. The molecule has 1 aromatic rings. The molecular weight excluding hydrogens is 229 g/mol. The summed E-state index contributed by atoms with van der Waals surface area (Å²) in [4.78, 5) is 0. The van der Waals surface area contributed by atoms with Gasteiger partial charge in [0.1, 0.15) is 17.7 Å². The normalized spacial score (nSPS) is 21.2. The topological polar surface area (TPSA) is 21.3 Å². The third kappa shape index (κ3) is 3.02. The number of ether oxygens (including phenoxy) is 1. The molecule has 2 rings (SSSR count). The summed E-state index contributed by atoms with van der Waals surface area (Å²) in [5.74, 6) is 1.23. The van der Waals surface area contributed by atoms with Gasteiger partial charge in [-0.3, -0.25) is 0 Å². The molecule has 1 heterocycles. The molecule has 0 saturated carbocycles. The van der Waals surface area contributed by atoms with Gasteiger partial charge in [-0.15, -0.1) is 0 Å². The molecule has 0 saturated heterocycles. The fraction of sp³-hybridized carbons (Fsp3) is 0.600. The Morgan fingerprint density at radius 1 is 1.44 bits per heavy atom. The van der Waals surface area contributed by atoms with Gasteiger partial charge in [-0.25, -0.2) is 4.39 Å². The monoisotopic (exact) mass is 251 g/mol. The molecule has 0 aromatic heterocycles. The van der Waals surface area contributed by atoms with Gasteiger partial charge in [0.2, 0.25) is 0 Å². The van der Waals surface area contributed by atoms with Gasteiger partial charge in [0, 0.05) is 18.0 Å². The van der Waals surface area contributed by atoms with Crippen LogP contribution in [0.5, 0.6) is 5.75 Å². The Balaban J connectivity index is 1.91. The van der Waals surface area contributed by atoms with Crippen molar-refractivity contribution < 1.29 is 9.13 Å². The zero-order valence-corrected chi connectivity index (χ0v) is 11.4. The van der Waals surface area contributed by atoms with E-state index in [4.69, 9.17) is 4.74 Å². The van der Waals surface area contributed by atoms with E-state index in [1.165, 1.54) is 6.07 Å². The number of benzene rings is 1. The van der Waals surface area contributed by atoms with E-state index in [1.54, 1.807) is 12.1 Å². The minimum Gasteiger partial charge on any atom is -0.490 e. The molecule has 1 aromatic carbocycles. The van der Waals surface area contributed by atoms with Crippen LogP contribution >= 0.6 is 0 Å². The maximum absolute atomic E-state index is 13.1. The summed E-state index contributed by atoms with van der Waals surface area (Å²) in [6, 6.07) is 5.28. The fourth-order valence-corrected chi connectivity index (χ4v) is 2.56. The van der Waals surface area contributed by atoms with Crippen LogP contribution in [-0.2, 0) is 6.42 Å². The molecule has 18 heavy (non-hydrogen) atoms. The predicted molar refractivity (Wildman–Crippen MR) is 71.4 cm³/mol. The van der Waals surface area contributed by atoms with Crippen LogP contribution in [0.25, 0.3) is 0 Å². The van der Waals surface area contributed by atoms with Gasteiger partial charge < -0.3 is 10.1 Å². The average molecular weight is 251 g/mol. The molecule has 3 unspecified atom stereocenters. The highest BCUT2D eigenvalue weighted by Gasteiger charge is 2.26. The number of hydrogen-bond acceptors (Lipinski definition) is 2. The van der Waals surface area contributed by atoms with E-state index >= 15 is 0 Å². The van der Waals surface area contributed by atoms with Gasteiger partial charge >= 0.3 is 0 Å². The Kier molecular flexibility index (Phi) is 4.23. The highest BCUT2D eigenvalue weighted by atomic mass is 19.1. The molecule has 2 nitrogen and oxygen atoms in total. The number of rotatable bonds is 5. The third-order valence-corrected chi connectivity index (χ3v) is 3.78. The molecule has 0 fully saturated rings. The zero-order chi connectivity index (χ0) is 13.1. The van der Waals surface area contributed by atoms with E-state index in [0.717, 1.165) is 30.7 Å². The number of fused-ring (bicyclic) bond motifs is 1. The lowest BCUT2D eigenvalue weighted by molar-refractivity contribution is 0.185. The summed E-state index contributed by atoms with van der Waals surface area (Å²) in [6.07, 6.45) is 2.03. The van der Waals surface area contributed by atoms with Crippen molar-refractivity contribution in [2.75, 3.05) is 6.54 Å². The lowest BCUT2D eigenvalue weighted by Crippen LogP contribution is -2.34. The highest BCUT2D eigenvalue weighted by molar-refractivity contribution is 5.37. The SMILES string of the molecule is CCNC(C)C(C)CC1Cc2cc(F)ccc2O1. The molecule has 0 bridgehead atoms. The first kappa shape index (κ1) is 13.3. The first-order chi connectivity index (χ1) is 8.60. The second kappa shape index (κ2) is 5.70. The van der Waals surface area contributed by atoms with Gasteiger partial charge in [-0.05, 0) is 44.0 Å². The fourth-order valence-electron chi connectivity index (χ4n) is 2.56. The third-order valence-electron chi connectivity index (χ3n) is 3.78. The van der Waals surface area contributed by atoms with Gasteiger partial charge in [0.05, 0.1) is 0 Å². The van der Waals surface area contributed by atoms with Crippen LogP contribution < -0.4 is 10.1 Å². The van der Waals surface area contributed by atoms with Crippen LogP contribution in [0, 0.1) is 11.7 Å². The van der Waals surface area contributed by atoms with Gasteiger partial charge in [-0.1, -0.05) is 13.8 Å². The van der Waals surface area contributed by atoms with Crippen LogP contribution in [0.15, 0.2) is 18.2 Å². The van der Waals surface area contributed by atoms with Crippen molar-refractivity contribution in [1.29, 1.82) is 0 Å². The highest BCUT2D eigenvalue weighted by Crippen LogP contribution is 2.32. The van der Waals surface area contributed by atoms with Crippen molar-refractivity contribution in [3.63, 3.8) is 0 Å². The smallest absolute Gasteiger partial charge is 0.123 e. The van der Waals surface area contributed by atoms with E-state index in [-0.39, 0.29) is 11.9 Å². The van der Waals surface area contributed by atoms with Gasteiger partial charge in [0.15, 0.2) is 0 Å². The van der Waals surface area contributed by atoms with E-state index in [0.29, 0.717) is 12.0 Å². The first-order valence-electron chi connectivity index (χ1n) is 6.78. The van der Waals surface area contributed by atoms with Crippen molar-refractivity contribution >= 4 is 0 Å². The number of hydrogen-bond donors (Lipinski definition) is 1. The molecular formula is C15H22FNO. The van der Waals surface area contributed by atoms with Crippen LogP contribution in [0.1, 0.15) is 32.8 Å². The maximum atomic E-state index is 13.1. The quantitative estimate of drug-likeness (QED) is 0.868. The van der Waals surface area contributed by atoms with E-state index in [1.807, 2.05) is 0 Å². The molecule has 1 aliphatic heterocycles. The Bertz CT molecular complexity index is 407. The van der Waals surface area contributed by atoms with Crippen molar-refractivity contribution in [3.8, 4) is 5.75 Å². The Hall–Kier alpha value is -1.09. The Labute approximate surface area is 109 Å². The van der Waals surface area contributed by atoms with Crippen molar-refractivity contribution in [1.82, 2.24) is 5.32 Å². The van der Waals surface area contributed by atoms with Crippen molar-refractivity contribution in [2.45, 2.75) is 45.8 Å². The number of halogens is 1. The van der Waals surface area contributed by atoms with E-state index in [9.17, 15) is 4.39 Å². The Morgan fingerprint density at radius 2 is 2.22 bits per heavy atom. The van der Waals surface area contributed by atoms with Gasteiger partial charge in [0.25, 0.3) is 0 Å². The second-order valence-electron chi connectivity index (χ2n) is 5.26. The Morgan fingerprint density at radius 3 is 2.94 bits per heavy atom. The summed E-state index contributed by atoms with van der Waals surface area (Å²) < 4.78 is 19.0. The number of nitrogens with one attached hydrogen (secondary N) is 1. The predicted octanol–water partition coefficient (Wildman–Crippen LogP) is 3.15. The van der Waals surface area contributed by atoms with Crippen LogP contribution in [0.3, 0.4) is 0 Å². The molecule has 3 heteroatoms. The molecule has 0 amide bonds. The van der Waals surface area contributed by atoms with Crippen LogP contribution in [0.2, 0.25) is 0 Å². The van der Waals surface area contributed by atoms with Crippen molar-refractivity contribution in [3.05, 3.63) is 29.6 Å². The van der Waals surface area contributed by atoms with Crippen LogP contribution in [0.4, 0.5) is 4.39 Å². The molecule has 0 radical (unpaired) electrons. The molecule has 100 valence electrons. The van der Waals surface area contributed by atoms with E-state index < -0.39 is 0 Å². The van der Waals surface area contributed by atoms with Gasteiger partial charge in [-0.2, -0.15) is 0 Å². The standard InChI is InChI=1S/C15H22FNO/c1-4-17-11(3)10(2)7-14-9-12-8-13(16)5-6-15(12)18-14/h5-6,8,10-11,14,17H,4,7,9H2,1-3H3. The minimum absolute atomic E-state index is 0.174. The lowest BCUT2D eigenvalue weighted by atomic mass is 9.94. The minimum atomic E-state index is -0.174. The summed E-state index contributed by atoms with van der Waals surface area (Å²) in [5.41, 5.74) is 1.00. The van der Waals surface area contributed by atoms with Crippen molar-refractivity contribution in [2.24, 2.45) is 5.92 Å². The zero-order valence-electron chi connectivity index (χ0n) is 11.4. The summed E-state index contributed by atoms with van der Waals surface area (Å²) in [6.45, 7) is 7.55. The molecule has 1 N–H and O–H groups in total. The van der Waals surface area contributed by atoms with E-state index in [2.05, 4.69) is 26.1 Å². The maximum Gasteiger partial charge on any atom is 0.123 e. The van der Waals surface area contributed by atoms with Crippen LogP contribution in [-0.4, -0.2) is 18.7 Å².